The summed E-state index contributed by atoms with van der Waals surface area (Å²) in [5.41, 5.74) is 0. The van der Waals surface area contributed by atoms with Crippen molar-refractivity contribution in [3.8, 4) is 5.75 Å². The number of thioether (sulfide) groups is 1. The molecule has 1 atom stereocenters. The Kier molecular flexibility index (Phi) is 6.45. The van der Waals surface area contributed by atoms with Crippen LogP contribution in [0.1, 0.15) is 23.9 Å². The van der Waals surface area contributed by atoms with Gasteiger partial charge in [-0.1, -0.05) is 39.0 Å². The maximum absolute atomic E-state index is 12.0. The van der Waals surface area contributed by atoms with E-state index < -0.39 is 0 Å². The lowest BCUT2D eigenvalue weighted by Gasteiger charge is -2.14. The predicted octanol–water partition coefficient (Wildman–Crippen LogP) is 3.61. The van der Waals surface area contributed by atoms with Crippen LogP contribution in [0.5, 0.6) is 5.75 Å². The monoisotopic (exact) mass is 468 g/mol. The van der Waals surface area contributed by atoms with Crippen molar-refractivity contribution in [2.24, 2.45) is 7.05 Å². The van der Waals surface area contributed by atoms with Crippen LogP contribution in [0.2, 0.25) is 0 Å². The van der Waals surface area contributed by atoms with E-state index in [0.29, 0.717) is 16.1 Å². The van der Waals surface area contributed by atoms with E-state index in [0.717, 1.165) is 15.2 Å². The molecule has 2 heterocycles. The van der Waals surface area contributed by atoms with Crippen LogP contribution in [0, 0.1) is 6.92 Å². The number of ether oxygens (including phenoxy) is 1. The largest absolute Gasteiger partial charge is 0.483 e. The molecule has 0 aliphatic carbocycles. The van der Waals surface area contributed by atoms with Crippen LogP contribution in [0.4, 0.5) is 5.13 Å². The highest BCUT2D eigenvalue weighted by Crippen LogP contribution is 2.25. The number of hydrogen-bond donors (Lipinski definition) is 1. The normalized spacial score (nSPS) is 12.0. The second-order valence-corrected chi connectivity index (χ2v) is 8.62. The van der Waals surface area contributed by atoms with Gasteiger partial charge in [0.25, 0.3) is 0 Å². The summed E-state index contributed by atoms with van der Waals surface area (Å²) in [6, 6.07) is 7.59. The molecule has 11 heteroatoms. The van der Waals surface area contributed by atoms with Crippen molar-refractivity contribution in [1.82, 2.24) is 25.0 Å². The summed E-state index contributed by atoms with van der Waals surface area (Å²) in [5, 5.41) is 20.8. The number of halogens is 1. The Morgan fingerprint density at radius 1 is 1.30 bits per heavy atom. The molecule has 0 saturated carbocycles. The van der Waals surface area contributed by atoms with Gasteiger partial charge in [-0.3, -0.25) is 10.1 Å². The summed E-state index contributed by atoms with van der Waals surface area (Å²) in [6.07, 6.45) is -0.281. The van der Waals surface area contributed by atoms with Crippen molar-refractivity contribution in [3.63, 3.8) is 0 Å². The van der Waals surface area contributed by atoms with Gasteiger partial charge < -0.3 is 9.30 Å². The summed E-state index contributed by atoms with van der Waals surface area (Å²) < 4.78 is 8.73. The van der Waals surface area contributed by atoms with Crippen LogP contribution in [0.3, 0.4) is 0 Å². The van der Waals surface area contributed by atoms with Crippen molar-refractivity contribution in [2.45, 2.75) is 25.1 Å². The molecule has 27 heavy (non-hydrogen) atoms. The van der Waals surface area contributed by atoms with Gasteiger partial charge in [0.15, 0.2) is 17.1 Å². The Balaban J connectivity index is 1.57. The maximum atomic E-state index is 12.0. The van der Waals surface area contributed by atoms with E-state index in [4.69, 9.17) is 4.74 Å². The Hall–Kier alpha value is -1.98. The highest BCUT2D eigenvalue weighted by Gasteiger charge is 2.18. The summed E-state index contributed by atoms with van der Waals surface area (Å²) in [4.78, 5) is 12.0. The number of nitrogens with zero attached hydrogens (tertiary/aromatic N) is 5. The number of anilines is 1. The zero-order valence-corrected chi connectivity index (χ0v) is 18.1. The lowest BCUT2D eigenvalue weighted by atomic mass is 10.3. The molecular weight excluding hydrogens is 452 g/mol. The highest BCUT2D eigenvalue weighted by atomic mass is 79.9. The molecule has 3 aromatic rings. The molecular formula is C16H17BrN6O2S2. The minimum atomic E-state index is -0.281. The smallest absolute Gasteiger partial charge is 0.236 e. The molecule has 0 aliphatic rings. The second kappa shape index (κ2) is 8.81. The first-order valence-electron chi connectivity index (χ1n) is 7.96. The van der Waals surface area contributed by atoms with Crippen molar-refractivity contribution in [2.75, 3.05) is 11.1 Å². The second-order valence-electron chi connectivity index (χ2n) is 5.58. The molecule has 0 saturated heterocycles. The minimum Gasteiger partial charge on any atom is -0.483 e. The van der Waals surface area contributed by atoms with Crippen molar-refractivity contribution < 1.29 is 9.53 Å². The van der Waals surface area contributed by atoms with Gasteiger partial charge in [0.05, 0.1) is 5.75 Å². The molecule has 1 aromatic carbocycles. The standard InChI is InChI=1S/C16H17BrN6O2S2/c1-9(25-12-6-4-11(17)5-7-12)14-20-22-16(23(14)3)26-8-13(24)18-15-21-19-10(2)27-15/h4-7,9H,8H2,1-3H3,(H,18,21,24). The zero-order chi connectivity index (χ0) is 19.4. The third-order valence-corrected chi connectivity index (χ3v) is 5.77. The molecule has 0 fully saturated rings. The minimum absolute atomic E-state index is 0.167. The van der Waals surface area contributed by atoms with E-state index in [-0.39, 0.29) is 17.8 Å². The molecule has 0 aliphatic heterocycles. The van der Waals surface area contributed by atoms with Crippen molar-refractivity contribution in [1.29, 1.82) is 0 Å². The van der Waals surface area contributed by atoms with E-state index >= 15 is 0 Å². The Morgan fingerprint density at radius 2 is 2.04 bits per heavy atom. The number of nitrogens with one attached hydrogen (secondary N) is 1. The van der Waals surface area contributed by atoms with Crippen LogP contribution >= 0.6 is 39.0 Å². The van der Waals surface area contributed by atoms with Crippen molar-refractivity contribution >= 4 is 50.1 Å². The molecule has 142 valence electrons. The number of rotatable bonds is 7. The molecule has 1 amide bonds. The quantitative estimate of drug-likeness (QED) is 0.529. The fourth-order valence-electron chi connectivity index (χ4n) is 2.21. The van der Waals surface area contributed by atoms with Crippen LogP contribution in [0.25, 0.3) is 0 Å². The lowest BCUT2D eigenvalue weighted by molar-refractivity contribution is -0.113. The first kappa shape index (κ1) is 19.8. The highest BCUT2D eigenvalue weighted by molar-refractivity contribution is 9.10. The number of aryl methyl sites for hydroxylation is 1. The fourth-order valence-corrected chi connectivity index (χ4v) is 3.80. The maximum Gasteiger partial charge on any atom is 0.236 e. The van der Waals surface area contributed by atoms with Gasteiger partial charge in [-0.2, -0.15) is 0 Å². The van der Waals surface area contributed by atoms with Gasteiger partial charge in [-0.25, -0.2) is 0 Å². The van der Waals surface area contributed by atoms with Gasteiger partial charge in [0.2, 0.25) is 11.0 Å². The molecule has 0 spiro atoms. The van der Waals surface area contributed by atoms with E-state index in [1.807, 2.05) is 49.7 Å². The van der Waals surface area contributed by atoms with E-state index in [1.54, 1.807) is 0 Å². The predicted molar refractivity (Wildman–Crippen MR) is 108 cm³/mol. The number of carbonyl (C=O) groups is 1. The van der Waals surface area contributed by atoms with E-state index in [9.17, 15) is 4.79 Å². The molecule has 1 N–H and O–H groups in total. The Bertz CT molecular complexity index is 927. The summed E-state index contributed by atoms with van der Waals surface area (Å²) in [7, 11) is 1.85. The first-order chi connectivity index (χ1) is 12.9. The number of hydrogen-bond acceptors (Lipinski definition) is 8. The average molecular weight is 469 g/mol. The number of amides is 1. The Morgan fingerprint density at radius 3 is 2.70 bits per heavy atom. The summed E-state index contributed by atoms with van der Waals surface area (Å²) >= 11 is 6.03. The van der Waals surface area contributed by atoms with Crippen LogP contribution in [0.15, 0.2) is 33.9 Å². The summed E-state index contributed by atoms with van der Waals surface area (Å²) in [6.45, 7) is 3.74. The van der Waals surface area contributed by atoms with Crippen LogP contribution < -0.4 is 10.1 Å². The first-order valence-corrected chi connectivity index (χ1v) is 10.6. The fraction of sp³-hybridized carbons (Fsp3) is 0.312. The number of aromatic nitrogens is 5. The number of carbonyl (C=O) groups excluding carboxylic acids is 1. The van der Waals surface area contributed by atoms with Crippen LogP contribution in [-0.2, 0) is 11.8 Å². The zero-order valence-electron chi connectivity index (χ0n) is 14.8. The third-order valence-electron chi connectivity index (χ3n) is 3.46. The molecule has 0 radical (unpaired) electrons. The molecule has 3 rings (SSSR count). The van der Waals surface area contributed by atoms with Gasteiger partial charge in [-0.05, 0) is 38.1 Å². The number of benzene rings is 1. The van der Waals surface area contributed by atoms with E-state index in [1.165, 1.54) is 23.1 Å². The van der Waals surface area contributed by atoms with E-state index in [2.05, 4.69) is 41.6 Å². The summed E-state index contributed by atoms with van der Waals surface area (Å²) in [5.74, 6) is 1.46. The van der Waals surface area contributed by atoms with Crippen LogP contribution in [-0.4, -0.2) is 36.6 Å². The van der Waals surface area contributed by atoms with Gasteiger partial charge in [-0.15, -0.1) is 20.4 Å². The molecule has 1 unspecified atom stereocenters. The topological polar surface area (TPSA) is 94.8 Å². The Labute approximate surface area is 172 Å². The SMILES string of the molecule is Cc1nnc(NC(=O)CSc2nnc(C(C)Oc3ccc(Br)cc3)n2C)s1. The average Bonchev–Trinajstić information content (AvgIpc) is 3.20. The van der Waals surface area contributed by atoms with Gasteiger partial charge >= 0.3 is 0 Å². The van der Waals surface area contributed by atoms with Gasteiger partial charge in [0.1, 0.15) is 10.8 Å². The third kappa shape index (κ3) is 5.27. The molecule has 2 aromatic heterocycles. The van der Waals surface area contributed by atoms with Gasteiger partial charge in [0, 0.05) is 11.5 Å². The lowest BCUT2D eigenvalue weighted by Crippen LogP contribution is -2.14. The van der Waals surface area contributed by atoms with Crippen molar-refractivity contribution in [3.05, 3.63) is 39.6 Å². The molecule has 8 nitrogen and oxygen atoms in total. The molecule has 0 bridgehead atoms.